The molecule has 0 saturated carbocycles. The molecule has 0 radical (unpaired) electrons. The number of carboxylic acids is 1. The van der Waals surface area contributed by atoms with Gasteiger partial charge in [-0.25, -0.2) is 24.7 Å². The Morgan fingerprint density at radius 1 is 1.11 bits per heavy atom. The second-order valence-electron chi connectivity index (χ2n) is 3.60. The van der Waals surface area contributed by atoms with Crippen LogP contribution in [0.3, 0.4) is 0 Å². The smallest absolute Gasteiger partial charge is 0.339 e. The van der Waals surface area contributed by atoms with Gasteiger partial charge >= 0.3 is 5.97 Å². The molecule has 2 aromatic heterocycles. The molecule has 0 aliphatic heterocycles. The first-order valence-corrected chi connectivity index (χ1v) is 5.91. The van der Waals surface area contributed by atoms with Crippen LogP contribution in [0.25, 0.3) is 0 Å². The van der Waals surface area contributed by atoms with Gasteiger partial charge in [-0.15, -0.1) is 0 Å². The molecule has 2 heterocycles. The van der Waals surface area contributed by atoms with Crippen LogP contribution in [0.1, 0.15) is 21.6 Å². The van der Waals surface area contributed by atoms with Crippen molar-refractivity contribution in [1.29, 1.82) is 0 Å². The maximum atomic E-state index is 10.8. The Morgan fingerprint density at radius 2 is 1.72 bits per heavy atom. The molecular weight excluding hydrogens is 252 g/mol. The number of aromatic carboxylic acids is 1. The van der Waals surface area contributed by atoms with Crippen molar-refractivity contribution in [2.75, 3.05) is 0 Å². The van der Waals surface area contributed by atoms with Crippen molar-refractivity contribution >= 4 is 17.7 Å². The Morgan fingerprint density at radius 3 is 2.28 bits per heavy atom. The van der Waals surface area contributed by atoms with Gasteiger partial charge in [-0.05, 0) is 31.2 Å². The van der Waals surface area contributed by atoms with Crippen molar-refractivity contribution in [3.8, 4) is 0 Å². The number of hydrogen-bond acceptors (Lipinski definition) is 6. The van der Waals surface area contributed by atoms with Gasteiger partial charge in [-0.1, -0.05) is 0 Å². The lowest BCUT2D eigenvalue weighted by molar-refractivity contribution is 0.0695. The summed E-state index contributed by atoms with van der Waals surface area (Å²) >= 11 is 1.19. The van der Waals surface area contributed by atoms with E-state index in [0.29, 0.717) is 16.0 Å². The second kappa shape index (κ2) is 5.09. The number of rotatable bonds is 3. The van der Waals surface area contributed by atoms with Crippen molar-refractivity contribution in [1.82, 2.24) is 19.9 Å². The third-order valence-electron chi connectivity index (χ3n) is 2.13. The molecule has 6 nitrogen and oxygen atoms in total. The van der Waals surface area contributed by atoms with Crippen LogP contribution in [-0.4, -0.2) is 31.0 Å². The second-order valence-corrected chi connectivity index (χ2v) is 4.54. The van der Waals surface area contributed by atoms with Crippen molar-refractivity contribution < 1.29 is 9.90 Å². The predicted molar refractivity (Wildman–Crippen MR) is 64.6 cm³/mol. The zero-order valence-corrected chi connectivity index (χ0v) is 10.6. The molecule has 0 aliphatic carbocycles. The molecular formula is C11H10N4O2S. The molecule has 18 heavy (non-hydrogen) atoms. The van der Waals surface area contributed by atoms with E-state index in [9.17, 15) is 4.79 Å². The molecule has 0 fully saturated rings. The Kier molecular flexibility index (Phi) is 3.52. The summed E-state index contributed by atoms with van der Waals surface area (Å²) in [5.41, 5.74) is 1.49. The summed E-state index contributed by atoms with van der Waals surface area (Å²) in [6, 6.07) is 0. The summed E-state index contributed by atoms with van der Waals surface area (Å²) in [5.74, 6) is -1.03. The van der Waals surface area contributed by atoms with Crippen molar-refractivity contribution in [2.24, 2.45) is 0 Å². The Balaban J connectivity index is 2.22. The topological polar surface area (TPSA) is 88.9 Å². The highest BCUT2D eigenvalue weighted by molar-refractivity contribution is 7.99. The van der Waals surface area contributed by atoms with Gasteiger partial charge in [-0.3, -0.25) is 0 Å². The van der Waals surface area contributed by atoms with Crippen LogP contribution < -0.4 is 0 Å². The first kappa shape index (κ1) is 12.4. The molecule has 0 saturated heterocycles. The maximum Gasteiger partial charge on any atom is 0.339 e. The van der Waals surface area contributed by atoms with Crippen molar-refractivity contribution in [3.63, 3.8) is 0 Å². The Hall–Kier alpha value is -2.02. The monoisotopic (exact) mass is 262 g/mol. The Labute approximate surface area is 108 Å². The average Bonchev–Trinajstić information content (AvgIpc) is 2.32. The molecule has 2 aromatic rings. The first-order valence-electron chi connectivity index (χ1n) is 5.09. The lowest BCUT2D eigenvalue weighted by Crippen LogP contribution is -2.04. The zero-order chi connectivity index (χ0) is 13.1. The van der Waals surface area contributed by atoms with E-state index >= 15 is 0 Å². The summed E-state index contributed by atoms with van der Waals surface area (Å²) in [7, 11) is 0. The molecule has 0 atom stereocenters. The molecule has 7 heteroatoms. The minimum absolute atomic E-state index is 0.101. The molecule has 0 aromatic carbocycles. The summed E-state index contributed by atoms with van der Waals surface area (Å²) in [4.78, 5) is 27.1. The van der Waals surface area contributed by atoms with Gasteiger partial charge < -0.3 is 5.11 Å². The summed E-state index contributed by atoms with van der Waals surface area (Å²) in [6.45, 7) is 3.53. The maximum absolute atomic E-state index is 10.8. The third kappa shape index (κ3) is 2.80. The standard InChI is InChI=1S/C11H10N4O2S/c1-6-3-12-10(13-4-6)18-11-14-5-8(9(16)17)7(2)15-11/h3-5H,1-2H3,(H,16,17). The van der Waals surface area contributed by atoms with Gasteiger partial charge in [0.25, 0.3) is 0 Å². The number of aromatic nitrogens is 4. The SMILES string of the molecule is Cc1cnc(Sc2ncc(C(=O)O)c(C)n2)nc1. The van der Waals surface area contributed by atoms with Crippen LogP contribution in [0.4, 0.5) is 0 Å². The van der Waals surface area contributed by atoms with E-state index in [4.69, 9.17) is 5.11 Å². The molecule has 92 valence electrons. The largest absolute Gasteiger partial charge is 0.478 e. The summed E-state index contributed by atoms with van der Waals surface area (Å²) < 4.78 is 0. The van der Waals surface area contributed by atoms with E-state index in [1.165, 1.54) is 18.0 Å². The van der Waals surface area contributed by atoms with Gasteiger partial charge in [0.1, 0.15) is 0 Å². The van der Waals surface area contributed by atoms with Crippen LogP contribution in [0.5, 0.6) is 0 Å². The van der Waals surface area contributed by atoms with Crippen LogP contribution in [-0.2, 0) is 0 Å². The number of carbonyl (C=O) groups is 1. The normalized spacial score (nSPS) is 10.3. The van der Waals surface area contributed by atoms with Crippen LogP contribution in [0.2, 0.25) is 0 Å². The van der Waals surface area contributed by atoms with Gasteiger partial charge in [0.2, 0.25) is 0 Å². The number of hydrogen-bond donors (Lipinski definition) is 1. The summed E-state index contributed by atoms with van der Waals surface area (Å²) in [6.07, 6.45) is 4.70. The van der Waals surface area contributed by atoms with E-state index in [0.717, 1.165) is 5.56 Å². The van der Waals surface area contributed by atoms with Gasteiger partial charge in [-0.2, -0.15) is 0 Å². The lowest BCUT2D eigenvalue weighted by atomic mass is 10.2. The van der Waals surface area contributed by atoms with Gasteiger partial charge in [0.15, 0.2) is 10.3 Å². The Bertz CT molecular complexity index is 586. The van der Waals surface area contributed by atoms with Crippen LogP contribution in [0, 0.1) is 13.8 Å². The minimum atomic E-state index is -1.03. The molecule has 0 amide bonds. The molecule has 0 aliphatic rings. The predicted octanol–water partition coefficient (Wildman–Crippen LogP) is 1.73. The number of nitrogens with zero attached hydrogens (tertiary/aromatic N) is 4. The highest BCUT2D eigenvalue weighted by atomic mass is 32.2. The number of carboxylic acid groups (broad SMARTS) is 1. The van der Waals surface area contributed by atoms with E-state index < -0.39 is 5.97 Å². The minimum Gasteiger partial charge on any atom is -0.478 e. The fraction of sp³-hybridized carbons (Fsp3) is 0.182. The van der Waals surface area contributed by atoms with E-state index in [1.807, 2.05) is 6.92 Å². The molecule has 0 bridgehead atoms. The lowest BCUT2D eigenvalue weighted by Gasteiger charge is -2.02. The van der Waals surface area contributed by atoms with E-state index in [2.05, 4.69) is 19.9 Å². The van der Waals surface area contributed by atoms with Crippen LogP contribution in [0.15, 0.2) is 28.9 Å². The van der Waals surface area contributed by atoms with Crippen LogP contribution >= 0.6 is 11.8 Å². The zero-order valence-electron chi connectivity index (χ0n) is 9.78. The average molecular weight is 262 g/mol. The van der Waals surface area contributed by atoms with Crippen molar-refractivity contribution in [3.05, 3.63) is 35.4 Å². The third-order valence-corrected chi connectivity index (χ3v) is 2.90. The highest BCUT2D eigenvalue weighted by Gasteiger charge is 2.11. The fourth-order valence-corrected chi connectivity index (χ4v) is 1.88. The van der Waals surface area contributed by atoms with E-state index in [-0.39, 0.29) is 5.56 Å². The first-order chi connectivity index (χ1) is 8.56. The quantitative estimate of drug-likeness (QED) is 0.842. The highest BCUT2D eigenvalue weighted by Crippen LogP contribution is 2.21. The van der Waals surface area contributed by atoms with Gasteiger partial charge in [0, 0.05) is 18.6 Å². The van der Waals surface area contributed by atoms with Crippen molar-refractivity contribution in [2.45, 2.75) is 24.2 Å². The molecule has 0 unspecified atom stereocenters. The number of aryl methyl sites for hydroxylation is 2. The summed E-state index contributed by atoms with van der Waals surface area (Å²) in [5, 5.41) is 9.83. The molecule has 0 spiro atoms. The van der Waals surface area contributed by atoms with Gasteiger partial charge in [0.05, 0.1) is 11.3 Å². The van der Waals surface area contributed by atoms with E-state index in [1.54, 1.807) is 19.3 Å². The fourth-order valence-electron chi connectivity index (χ4n) is 1.22. The molecule has 2 rings (SSSR count). The molecule has 1 N–H and O–H groups in total.